The second kappa shape index (κ2) is 5.17. The molecule has 0 aliphatic carbocycles. The molecule has 0 saturated heterocycles. The van der Waals surface area contributed by atoms with Crippen molar-refractivity contribution in [3.05, 3.63) is 36.4 Å². The van der Waals surface area contributed by atoms with Gasteiger partial charge in [-0.05, 0) is 20.3 Å². The minimum atomic E-state index is 0.450. The Morgan fingerprint density at radius 1 is 1.35 bits per heavy atom. The van der Waals surface area contributed by atoms with E-state index < -0.39 is 0 Å². The van der Waals surface area contributed by atoms with Crippen LogP contribution in [-0.4, -0.2) is 19.1 Å². The van der Waals surface area contributed by atoms with Gasteiger partial charge in [-0.1, -0.05) is 6.92 Å². The number of nitrogens with zero attached hydrogens (tertiary/aromatic N) is 4. The molecule has 17 heavy (non-hydrogen) atoms. The summed E-state index contributed by atoms with van der Waals surface area (Å²) in [6, 6.07) is 0.450. The van der Waals surface area contributed by atoms with E-state index in [4.69, 9.17) is 0 Å². The highest BCUT2D eigenvalue weighted by Crippen LogP contribution is 2.12. The lowest BCUT2D eigenvalue weighted by atomic mass is 10.3. The summed E-state index contributed by atoms with van der Waals surface area (Å²) in [5.74, 6) is 1.16. The Bertz CT molecular complexity index is 467. The van der Waals surface area contributed by atoms with Crippen LogP contribution in [0, 0.1) is 0 Å². The molecule has 0 atom stereocenters. The highest BCUT2D eigenvalue weighted by molar-refractivity contribution is 5.04. The fourth-order valence-electron chi connectivity index (χ4n) is 2.03. The third-order valence-corrected chi connectivity index (χ3v) is 2.91. The molecule has 2 aromatic rings. The molecule has 0 aliphatic rings. The molecule has 0 saturated carbocycles. The second-order valence-electron chi connectivity index (χ2n) is 4.61. The summed E-state index contributed by atoms with van der Waals surface area (Å²) in [6.45, 7) is 7.38. The number of hydrogen-bond acceptors (Lipinski definition) is 2. The van der Waals surface area contributed by atoms with Crippen LogP contribution in [0.15, 0.2) is 24.9 Å². The Morgan fingerprint density at radius 2 is 2.18 bits per heavy atom. The van der Waals surface area contributed by atoms with Gasteiger partial charge >= 0.3 is 0 Å². The first kappa shape index (κ1) is 11.9. The summed E-state index contributed by atoms with van der Waals surface area (Å²) in [5, 5.41) is 0. The van der Waals surface area contributed by atoms with Crippen molar-refractivity contribution in [3.8, 4) is 0 Å². The Kier molecular flexibility index (Phi) is 3.61. The molecular weight excluding hydrogens is 212 g/mol. The Morgan fingerprint density at radius 3 is 2.88 bits per heavy atom. The SMILES string of the molecule is CCCc1nccn1Cc1cncn1C(C)C. The van der Waals surface area contributed by atoms with Gasteiger partial charge in [-0.3, -0.25) is 0 Å². The lowest BCUT2D eigenvalue weighted by Gasteiger charge is -2.13. The molecule has 2 aromatic heterocycles. The monoisotopic (exact) mass is 232 g/mol. The summed E-state index contributed by atoms with van der Waals surface area (Å²) < 4.78 is 4.41. The van der Waals surface area contributed by atoms with Crippen LogP contribution in [0.5, 0.6) is 0 Å². The Hall–Kier alpha value is -1.58. The maximum Gasteiger partial charge on any atom is 0.108 e. The summed E-state index contributed by atoms with van der Waals surface area (Å²) in [7, 11) is 0. The molecule has 0 N–H and O–H groups in total. The summed E-state index contributed by atoms with van der Waals surface area (Å²) >= 11 is 0. The highest BCUT2D eigenvalue weighted by atomic mass is 15.1. The molecule has 0 aromatic carbocycles. The van der Waals surface area contributed by atoms with Crippen LogP contribution < -0.4 is 0 Å². The lowest BCUT2D eigenvalue weighted by Crippen LogP contribution is -2.10. The van der Waals surface area contributed by atoms with Crippen molar-refractivity contribution in [1.82, 2.24) is 19.1 Å². The van der Waals surface area contributed by atoms with Gasteiger partial charge in [0, 0.05) is 31.1 Å². The molecule has 2 heterocycles. The standard InChI is InChI=1S/C13H20N4/c1-4-5-13-15-6-7-16(13)9-12-8-14-10-17(12)11(2)3/h6-8,10-11H,4-5,9H2,1-3H3. The number of aromatic nitrogens is 4. The third kappa shape index (κ3) is 2.57. The Balaban J connectivity index is 2.19. The molecule has 0 fully saturated rings. The number of imidazole rings is 2. The van der Waals surface area contributed by atoms with Gasteiger partial charge in [0.25, 0.3) is 0 Å². The normalized spacial score (nSPS) is 11.3. The van der Waals surface area contributed by atoms with Gasteiger partial charge < -0.3 is 9.13 Å². The molecule has 4 nitrogen and oxygen atoms in total. The maximum atomic E-state index is 4.39. The van der Waals surface area contributed by atoms with E-state index in [1.807, 2.05) is 24.9 Å². The molecule has 0 spiro atoms. The Labute approximate surface area is 102 Å². The second-order valence-corrected chi connectivity index (χ2v) is 4.61. The van der Waals surface area contributed by atoms with Crippen molar-refractivity contribution in [2.75, 3.05) is 0 Å². The van der Waals surface area contributed by atoms with Crippen LogP contribution in [0.2, 0.25) is 0 Å². The van der Waals surface area contributed by atoms with E-state index in [0.29, 0.717) is 6.04 Å². The zero-order valence-electron chi connectivity index (χ0n) is 10.8. The van der Waals surface area contributed by atoms with Gasteiger partial charge in [0.05, 0.1) is 18.6 Å². The average molecular weight is 232 g/mol. The first-order valence-electron chi connectivity index (χ1n) is 6.23. The van der Waals surface area contributed by atoms with Crippen molar-refractivity contribution in [2.45, 2.75) is 46.2 Å². The van der Waals surface area contributed by atoms with E-state index in [1.165, 1.54) is 5.69 Å². The summed E-state index contributed by atoms with van der Waals surface area (Å²) in [5.41, 5.74) is 1.23. The predicted molar refractivity (Wildman–Crippen MR) is 67.9 cm³/mol. The van der Waals surface area contributed by atoms with Gasteiger partial charge in [0.1, 0.15) is 5.82 Å². The summed E-state index contributed by atoms with van der Waals surface area (Å²) in [4.78, 5) is 8.62. The minimum Gasteiger partial charge on any atom is -0.330 e. The largest absolute Gasteiger partial charge is 0.330 e. The molecule has 92 valence electrons. The molecule has 0 bridgehead atoms. The fraction of sp³-hybridized carbons (Fsp3) is 0.538. The first-order chi connectivity index (χ1) is 8.22. The molecule has 0 aliphatic heterocycles. The van der Waals surface area contributed by atoms with Crippen molar-refractivity contribution in [2.24, 2.45) is 0 Å². The van der Waals surface area contributed by atoms with E-state index >= 15 is 0 Å². The average Bonchev–Trinajstić information content (AvgIpc) is 2.89. The fourth-order valence-corrected chi connectivity index (χ4v) is 2.03. The van der Waals surface area contributed by atoms with Crippen molar-refractivity contribution < 1.29 is 0 Å². The highest BCUT2D eigenvalue weighted by Gasteiger charge is 2.08. The van der Waals surface area contributed by atoms with Crippen molar-refractivity contribution in [1.29, 1.82) is 0 Å². The first-order valence-corrected chi connectivity index (χ1v) is 6.23. The van der Waals surface area contributed by atoms with Crippen LogP contribution in [0.1, 0.15) is 44.8 Å². The van der Waals surface area contributed by atoms with Crippen molar-refractivity contribution >= 4 is 0 Å². The van der Waals surface area contributed by atoms with Crippen LogP contribution in [-0.2, 0) is 13.0 Å². The van der Waals surface area contributed by atoms with E-state index in [1.54, 1.807) is 0 Å². The number of hydrogen-bond donors (Lipinski definition) is 0. The number of aryl methyl sites for hydroxylation is 1. The van der Waals surface area contributed by atoms with Crippen LogP contribution in [0.4, 0.5) is 0 Å². The molecule has 4 heteroatoms. The van der Waals surface area contributed by atoms with Gasteiger partial charge in [-0.2, -0.15) is 0 Å². The molecule has 2 rings (SSSR count). The quantitative estimate of drug-likeness (QED) is 0.794. The topological polar surface area (TPSA) is 35.6 Å². The van der Waals surface area contributed by atoms with E-state index in [9.17, 15) is 0 Å². The minimum absolute atomic E-state index is 0.450. The predicted octanol–water partition coefficient (Wildman–Crippen LogP) is 2.66. The van der Waals surface area contributed by atoms with E-state index in [-0.39, 0.29) is 0 Å². The van der Waals surface area contributed by atoms with Crippen LogP contribution >= 0.6 is 0 Å². The number of rotatable bonds is 5. The van der Waals surface area contributed by atoms with Gasteiger partial charge in [0.2, 0.25) is 0 Å². The smallest absolute Gasteiger partial charge is 0.108 e. The summed E-state index contributed by atoms with van der Waals surface area (Å²) in [6.07, 6.45) is 9.92. The van der Waals surface area contributed by atoms with Gasteiger partial charge in [0.15, 0.2) is 0 Å². The maximum absolute atomic E-state index is 4.39. The zero-order valence-corrected chi connectivity index (χ0v) is 10.8. The van der Waals surface area contributed by atoms with Gasteiger partial charge in [-0.25, -0.2) is 9.97 Å². The van der Waals surface area contributed by atoms with E-state index in [2.05, 4.69) is 39.9 Å². The van der Waals surface area contributed by atoms with Crippen molar-refractivity contribution in [3.63, 3.8) is 0 Å². The molecular formula is C13H20N4. The lowest BCUT2D eigenvalue weighted by molar-refractivity contribution is 0.555. The van der Waals surface area contributed by atoms with E-state index in [0.717, 1.165) is 25.2 Å². The zero-order chi connectivity index (χ0) is 12.3. The molecule has 0 unspecified atom stereocenters. The van der Waals surface area contributed by atoms with Gasteiger partial charge in [-0.15, -0.1) is 0 Å². The van der Waals surface area contributed by atoms with Crippen LogP contribution in [0.3, 0.4) is 0 Å². The molecule has 0 radical (unpaired) electrons. The van der Waals surface area contributed by atoms with Crippen LogP contribution in [0.25, 0.3) is 0 Å². The molecule has 0 amide bonds. The third-order valence-electron chi connectivity index (χ3n) is 2.91.